The Kier molecular flexibility index (Phi) is 5.63. The maximum absolute atomic E-state index is 12.2. The molecule has 5 nitrogen and oxygen atoms in total. The Balaban J connectivity index is 2.59. The summed E-state index contributed by atoms with van der Waals surface area (Å²) in [5.41, 5.74) is -0.535. The number of carbonyl (C=O) groups excluding carboxylic acids is 1. The summed E-state index contributed by atoms with van der Waals surface area (Å²) >= 11 is 0. The molecule has 0 spiro atoms. The Hall–Kier alpha value is -1.26. The molecule has 1 saturated carbocycles. The highest BCUT2D eigenvalue weighted by atomic mass is 16.4. The maximum Gasteiger partial charge on any atom is 0.317 e. The van der Waals surface area contributed by atoms with Crippen LogP contribution in [0.1, 0.15) is 52.4 Å². The van der Waals surface area contributed by atoms with E-state index in [1.54, 1.807) is 11.9 Å². The van der Waals surface area contributed by atoms with E-state index in [0.717, 1.165) is 32.1 Å². The molecule has 1 aliphatic rings. The molecule has 0 heterocycles. The van der Waals surface area contributed by atoms with E-state index in [9.17, 15) is 9.59 Å². The van der Waals surface area contributed by atoms with Crippen molar-refractivity contribution in [3.63, 3.8) is 0 Å². The minimum absolute atomic E-state index is 0.0237. The Labute approximate surface area is 115 Å². The highest BCUT2D eigenvalue weighted by Gasteiger charge is 2.38. The summed E-state index contributed by atoms with van der Waals surface area (Å²) in [5.74, 6) is -0.387. The quantitative estimate of drug-likeness (QED) is 0.779. The van der Waals surface area contributed by atoms with Crippen molar-refractivity contribution in [3.8, 4) is 0 Å². The lowest BCUT2D eigenvalue weighted by Gasteiger charge is -2.32. The average Bonchev–Trinajstić information content (AvgIpc) is 2.75. The van der Waals surface area contributed by atoms with Crippen molar-refractivity contribution >= 4 is 12.0 Å². The third-order valence-electron chi connectivity index (χ3n) is 4.05. The van der Waals surface area contributed by atoms with Crippen LogP contribution in [0.3, 0.4) is 0 Å². The van der Waals surface area contributed by atoms with Gasteiger partial charge in [-0.3, -0.25) is 4.79 Å². The molecule has 0 bridgehead atoms. The molecule has 1 fully saturated rings. The molecule has 19 heavy (non-hydrogen) atoms. The SMILES string of the molecule is CCC(C)CN(C)C(=O)NC1(CC(=O)O)CCCC1. The van der Waals surface area contributed by atoms with Crippen LogP contribution in [0.2, 0.25) is 0 Å². The molecule has 0 aromatic carbocycles. The van der Waals surface area contributed by atoms with Crippen molar-refractivity contribution in [1.82, 2.24) is 10.2 Å². The number of carboxylic acids is 1. The number of aliphatic carboxylic acids is 1. The van der Waals surface area contributed by atoms with E-state index in [0.29, 0.717) is 12.5 Å². The monoisotopic (exact) mass is 270 g/mol. The molecular formula is C14H26N2O3. The average molecular weight is 270 g/mol. The Morgan fingerprint density at radius 3 is 2.42 bits per heavy atom. The molecule has 2 N–H and O–H groups in total. The van der Waals surface area contributed by atoms with Crippen molar-refractivity contribution in [3.05, 3.63) is 0 Å². The van der Waals surface area contributed by atoms with Gasteiger partial charge in [-0.05, 0) is 18.8 Å². The standard InChI is InChI=1S/C14H26N2O3/c1-4-11(2)10-16(3)13(19)15-14(9-12(17)18)7-5-6-8-14/h11H,4-10H2,1-3H3,(H,15,19)(H,17,18). The van der Waals surface area contributed by atoms with Gasteiger partial charge in [0, 0.05) is 13.6 Å². The summed E-state index contributed by atoms with van der Waals surface area (Å²) in [4.78, 5) is 24.8. The number of nitrogens with zero attached hydrogens (tertiary/aromatic N) is 1. The molecule has 0 aromatic rings. The molecule has 1 unspecified atom stereocenters. The lowest BCUT2D eigenvalue weighted by Crippen LogP contribution is -2.52. The largest absolute Gasteiger partial charge is 0.481 e. The van der Waals surface area contributed by atoms with Crippen molar-refractivity contribution in [2.75, 3.05) is 13.6 Å². The first-order valence-electron chi connectivity index (χ1n) is 7.13. The van der Waals surface area contributed by atoms with E-state index in [-0.39, 0.29) is 12.5 Å². The molecule has 0 radical (unpaired) electrons. The van der Waals surface area contributed by atoms with Crippen molar-refractivity contribution < 1.29 is 14.7 Å². The van der Waals surface area contributed by atoms with E-state index in [1.165, 1.54) is 0 Å². The minimum atomic E-state index is -0.841. The highest BCUT2D eigenvalue weighted by Crippen LogP contribution is 2.32. The smallest absolute Gasteiger partial charge is 0.317 e. The van der Waals surface area contributed by atoms with Crippen LogP contribution in [0.25, 0.3) is 0 Å². The minimum Gasteiger partial charge on any atom is -0.481 e. The second kappa shape index (κ2) is 6.78. The molecule has 1 aliphatic carbocycles. The number of hydrogen-bond acceptors (Lipinski definition) is 2. The van der Waals surface area contributed by atoms with Gasteiger partial charge in [0.1, 0.15) is 0 Å². The molecule has 0 aromatic heterocycles. The van der Waals surface area contributed by atoms with E-state index >= 15 is 0 Å². The number of nitrogens with one attached hydrogen (secondary N) is 1. The second-order valence-corrected chi connectivity index (χ2v) is 5.88. The van der Waals surface area contributed by atoms with Crippen LogP contribution in [0.4, 0.5) is 4.79 Å². The highest BCUT2D eigenvalue weighted by molar-refractivity contribution is 5.76. The van der Waals surface area contributed by atoms with Crippen LogP contribution in [0.5, 0.6) is 0 Å². The number of urea groups is 1. The molecule has 0 aliphatic heterocycles. The van der Waals surface area contributed by atoms with Crippen LogP contribution in [-0.2, 0) is 4.79 Å². The number of carbonyl (C=O) groups is 2. The van der Waals surface area contributed by atoms with Crippen LogP contribution in [0.15, 0.2) is 0 Å². The zero-order chi connectivity index (χ0) is 14.5. The van der Waals surface area contributed by atoms with Crippen molar-refractivity contribution in [2.24, 2.45) is 5.92 Å². The fourth-order valence-corrected chi connectivity index (χ4v) is 2.69. The van der Waals surface area contributed by atoms with E-state index in [2.05, 4.69) is 19.2 Å². The first-order valence-corrected chi connectivity index (χ1v) is 7.13. The second-order valence-electron chi connectivity index (χ2n) is 5.88. The first kappa shape index (κ1) is 15.8. The lowest BCUT2D eigenvalue weighted by molar-refractivity contribution is -0.138. The van der Waals surface area contributed by atoms with Gasteiger partial charge in [0.2, 0.25) is 0 Å². The van der Waals surface area contributed by atoms with Crippen LogP contribution < -0.4 is 5.32 Å². The summed E-state index contributed by atoms with van der Waals surface area (Å²) in [6, 6.07) is -0.150. The Bertz CT molecular complexity index is 325. The van der Waals surface area contributed by atoms with E-state index in [1.807, 2.05) is 0 Å². The maximum atomic E-state index is 12.2. The van der Waals surface area contributed by atoms with Crippen LogP contribution in [-0.4, -0.2) is 41.1 Å². The Morgan fingerprint density at radius 1 is 1.37 bits per heavy atom. The third kappa shape index (κ3) is 4.73. The summed E-state index contributed by atoms with van der Waals surface area (Å²) in [6.45, 7) is 4.90. The van der Waals surface area contributed by atoms with Gasteiger partial charge in [-0.2, -0.15) is 0 Å². The molecule has 0 saturated heterocycles. The number of carboxylic acid groups (broad SMARTS) is 1. The molecule has 2 amide bonds. The zero-order valence-electron chi connectivity index (χ0n) is 12.2. The molecule has 1 atom stereocenters. The first-order chi connectivity index (χ1) is 8.88. The van der Waals surface area contributed by atoms with Crippen molar-refractivity contribution in [1.29, 1.82) is 0 Å². The zero-order valence-corrected chi connectivity index (χ0v) is 12.2. The summed E-state index contributed by atoms with van der Waals surface area (Å²) in [6.07, 6.45) is 4.56. The van der Waals surface area contributed by atoms with E-state index in [4.69, 9.17) is 5.11 Å². The predicted octanol–water partition coefficient (Wildman–Crippen LogP) is 2.46. The fraction of sp³-hybridized carbons (Fsp3) is 0.857. The van der Waals surface area contributed by atoms with Crippen LogP contribution >= 0.6 is 0 Å². The molecule has 110 valence electrons. The van der Waals surface area contributed by atoms with Gasteiger partial charge in [-0.1, -0.05) is 33.1 Å². The van der Waals surface area contributed by atoms with Gasteiger partial charge in [0.05, 0.1) is 12.0 Å². The Morgan fingerprint density at radius 2 is 1.95 bits per heavy atom. The van der Waals surface area contributed by atoms with Gasteiger partial charge in [-0.25, -0.2) is 4.79 Å². The molecular weight excluding hydrogens is 244 g/mol. The normalized spacial score (nSPS) is 18.9. The van der Waals surface area contributed by atoms with Crippen molar-refractivity contribution in [2.45, 2.75) is 57.9 Å². The van der Waals surface area contributed by atoms with Gasteiger partial charge in [0.25, 0.3) is 0 Å². The van der Waals surface area contributed by atoms with Gasteiger partial charge in [-0.15, -0.1) is 0 Å². The summed E-state index contributed by atoms with van der Waals surface area (Å²) < 4.78 is 0. The third-order valence-corrected chi connectivity index (χ3v) is 4.05. The number of hydrogen-bond donors (Lipinski definition) is 2. The number of amides is 2. The predicted molar refractivity (Wildman–Crippen MR) is 74.1 cm³/mol. The lowest BCUT2D eigenvalue weighted by atomic mass is 9.93. The van der Waals surface area contributed by atoms with E-state index < -0.39 is 11.5 Å². The molecule has 1 rings (SSSR count). The summed E-state index contributed by atoms with van der Waals surface area (Å²) in [7, 11) is 1.77. The molecule has 5 heteroatoms. The number of rotatable bonds is 6. The van der Waals surface area contributed by atoms with Gasteiger partial charge in [0.15, 0.2) is 0 Å². The topological polar surface area (TPSA) is 69.6 Å². The summed E-state index contributed by atoms with van der Waals surface area (Å²) in [5, 5.41) is 12.0. The fourth-order valence-electron chi connectivity index (χ4n) is 2.69. The van der Waals surface area contributed by atoms with Gasteiger partial charge >= 0.3 is 12.0 Å². The van der Waals surface area contributed by atoms with Crippen LogP contribution in [0, 0.1) is 5.92 Å². The van der Waals surface area contributed by atoms with Gasteiger partial charge < -0.3 is 15.3 Å².